The van der Waals surface area contributed by atoms with Gasteiger partial charge in [-0.2, -0.15) is 5.26 Å². The van der Waals surface area contributed by atoms with Crippen molar-refractivity contribution in [3.05, 3.63) is 35.4 Å². The molecule has 3 nitrogen and oxygen atoms in total. The molecular weight excluding hydrogens is 271 g/mol. The molecule has 64 valence electrons. The Balaban J connectivity index is 2.93. The van der Waals surface area contributed by atoms with Crippen molar-refractivity contribution in [1.82, 2.24) is 0 Å². The first-order valence-electron chi connectivity index (χ1n) is 3.28. The summed E-state index contributed by atoms with van der Waals surface area (Å²) in [5.74, 6) is -0.721. The van der Waals surface area contributed by atoms with E-state index in [4.69, 9.17) is 5.26 Å². The van der Waals surface area contributed by atoms with Gasteiger partial charge in [0, 0.05) is 4.43 Å². The van der Waals surface area contributed by atoms with Crippen LogP contribution in [0.3, 0.4) is 0 Å². The highest BCUT2D eigenvalue weighted by molar-refractivity contribution is 14.1. The Morgan fingerprint density at radius 1 is 1.58 bits per heavy atom. The molecular formula is C8H7IO3. The third-order valence-corrected chi connectivity index (χ3v) is 2.28. The number of hydrogen-bond acceptors (Lipinski definition) is 3. The number of rotatable bonds is 2. The fourth-order valence-electron chi connectivity index (χ4n) is 0.834. The van der Waals surface area contributed by atoms with Gasteiger partial charge in [-0.25, -0.2) is 4.79 Å². The molecule has 1 N–H and O–H groups in total. The minimum atomic E-state index is -0.721. The molecule has 0 radical (unpaired) electrons. The predicted molar refractivity (Wildman–Crippen MR) is 52.2 cm³/mol. The van der Waals surface area contributed by atoms with Crippen LogP contribution in [-0.2, 0) is 9.32 Å². The van der Waals surface area contributed by atoms with Crippen LogP contribution in [0.1, 0.15) is 15.9 Å². The lowest BCUT2D eigenvalue weighted by atomic mass is 10.1. The molecule has 0 saturated carbocycles. The molecule has 12 heavy (non-hydrogen) atoms. The number of carbonyl (C=O) groups is 1. The molecule has 0 aliphatic heterocycles. The van der Waals surface area contributed by atoms with E-state index in [9.17, 15) is 4.79 Å². The lowest BCUT2D eigenvalue weighted by Crippen LogP contribution is -2.01. The first-order valence-corrected chi connectivity index (χ1v) is 4.81. The van der Waals surface area contributed by atoms with E-state index in [-0.39, 0.29) is 0 Å². The SMILES string of the molecule is O=C(OO)c1cccc(CI)c1. The monoisotopic (exact) mass is 278 g/mol. The molecule has 0 atom stereocenters. The maximum atomic E-state index is 10.8. The summed E-state index contributed by atoms with van der Waals surface area (Å²) in [6.07, 6.45) is 0. The van der Waals surface area contributed by atoms with Crippen molar-refractivity contribution >= 4 is 28.6 Å². The number of carbonyl (C=O) groups excluding carboxylic acids is 1. The molecule has 0 aromatic heterocycles. The van der Waals surface area contributed by atoms with Crippen molar-refractivity contribution in [3.8, 4) is 0 Å². The molecule has 1 rings (SSSR count). The molecule has 0 amide bonds. The molecule has 0 spiro atoms. The van der Waals surface area contributed by atoms with Crippen LogP contribution in [0, 0.1) is 0 Å². The number of alkyl halides is 1. The summed E-state index contributed by atoms with van der Waals surface area (Å²) >= 11 is 2.19. The van der Waals surface area contributed by atoms with Gasteiger partial charge in [0.2, 0.25) is 0 Å². The lowest BCUT2D eigenvalue weighted by molar-refractivity contribution is -0.182. The fraction of sp³-hybridized carbons (Fsp3) is 0.125. The molecule has 0 aliphatic rings. The van der Waals surface area contributed by atoms with Crippen LogP contribution in [0.2, 0.25) is 0 Å². The molecule has 0 aliphatic carbocycles. The smallest absolute Gasteiger partial charge is 0.296 e. The van der Waals surface area contributed by atoms with E-state index in [1.54, 1.807) is 18.2 Å². The van der Waals surface area contributed by atoms with E-state index in [1.807, 2.05) is 6.07 Å². The zero-order chi connectivity index (χ0) is 8.97. The van der Waals surface area contributed by atoms with E-state index < -0.39 is 5.97 Å². The molecule has 1 aromatic rings. The maximum Gasteiger partial charge on any atom is 0.372 e. The van der Waals surface area contributed by atoms with Gasteiger partial charge >= 0.3 is 5.97 Å². The largest absolute Gasteiger partial charge is 0.372 e. The second-order valence-corrected chi connectivity index (χ2v) is 2.98. The highest BCUT2D eigenvalue weighted by atomic mass is 127. The lowest BCUT2D eigenvalue weighted by Gasteiger charge is -1.98. The van der Waals surface area contributed by atoms with E-state index in [0.717, 1.165) is 9.99 Å². The predicted octanol–water partition coefficient (Wildman–Crippen LogP) is 2.25. The van der Waals surface area contributed by atoms with E-state index in [0.29, 0.717) is 5.56 Å². The fourth-order valence-corrected chi connectivity index (χ4v) is 1.31. The Bertz CT molecular complexity index is 285. The summed E-state index contributed by atoms with van der Waals surface area (Å²) in [4.78, 5) is 14.4. The minimum absolute atomic E-state index is 0.367. The zero-order valence-corrected chi connectivity index (χ0v) is 8.32. The number of hydrogen-bond donors (Lipinski definition) is 1. The second kappa shape index (κ2) is 4.42. The van der Waals surface area contributed by atoms with Gasteiger partial charge in [0.1, 0.15) is 0 Å². The van der Waals surface area contributed by atoms with Crippen LogP contribution in [0.25, 0.3) is 0 Å². The van der Waals surface area contributed by atoms with E-state index >= 15 is 0 Å². The molecule has 1 aromatic carbocycles. The van der Waals surface area contributed by atoms with Crippen molar-refractivity contribution < 1.29 is 14.9 Å². The first kappa shape index (κ1) is 9.47. The minimum Gasteiger partial charge on any atom is -0.296 e. The van der Waals surface area contributed by atoms with Crippen LogP contribution < -0.4 is 0 Å². The van der Waals surface area contributed by atoms with Crippen molar-refractivity contribution in [2.75, 3.05) is 0 Å². The molecule has 0 unspecified atom stereocenters. The van der Waals surface area contributed by atoms with E-state index in [1.165, 1.54) is 0 Å². The van der Waals surface area contributed by atoms with Crippen LogP contribution in [-0.4, -0.2) is 11.2 Å². The first-order chi connectivity index (χ1) is 5.77. The Labute approximate surface area is 83.4 Å². The molecule has 0 saturated heterocycles. The Morgan fingerprint density at radius 2 is 2.33 bits per heavy atom. The zero-order valence-electron chi connectivity index (χ0n) is 6.16. The maximum absolute atomic E-state index is 10.8. The van der Waals surface area contributed by atoms with Gasteiger partial charge in [-0.3, -0.25) is 4.89 Å². The average Bonchev–Trinajstić information content (AvgIpc) is 2.17. The van der Waals surface area contributed by atoms with Crippen LogP contribution in [0.5, 0.6) is 0 Å². The third kappa shape index (κ3) is 2.18. The van der Waals surface area contributed by atoms with Crippen LogP contribution in [0.15, 0.2) is 24.3 Å². The second-order valence-electron chi connectivity index (χ2n) is 2.21. The van der Waals surface area contributed by atoms with Crippen molar-refractivity contribution in [2.24, 2.45) is 0 Å². The average molecular weight is 278 g/mol. The summed E-state index contributed by atoms with van der Waals surface area (Å²) in [6, 6.07) is 6.93. The summed E-state index contributed by atoms with van der Waals surface area (Å²) in [5.41, 5.74) is 1.39. The van der Waals surface area contributed by atoms with Crippen molar-refractivity contribution in [1.29, 1.82) is 0 Å². The highest BCUT2D eigenvalue weighted by Crippen LogP contribution is 2.09. The summed E-state index contributed by atoms with van der Waals surface area (Å²) in [7, 11) is 0. The quantitative estimate of drug-likeness (QED) is 0.390. The van der Waals surface area contributed by atoms with Gasteiger partial charge in [-0.15, -0.1) is 0 Å². The molecule has 0 fully saturated rings. The van der Waals surface area contributed by atoms with Gasteiger partial charge in [0.15, 0.2) is 0 Å². The van der Waals surface area contributed by atoms with Gasteiger partial charge in [0.05, 0.1) is 5.56 Å². The molecule has 4 heteroatoms. The summed E-state index contributed by atoms with van der Waals surface area (Å²) in [6.45, 7) is 0. The topological polar surface area (TPSA) is 46.5 Å². The van der Waals surface area contributed by atoms with Gasteiger partial charge < -0.3 is 0 Å². The van der Waals surface area contributed by atoms with Crippen molar-refractivity contribution in [2.45, 2.75) is 4.43 Å². The highest BCUT2D eigenvalue weighted by Gasteiger charge is 2.05. The summed E-state index contributed by atoms with van der Waals surface area (Å²) in [5, 5.41) is 8.10. The van der Waals surface area contributed by atoms with Crippen LogP contribution in [0.4, 0.5) is 0 Å². The molecule has 0 heterocycles. The van der Waals surface area contributed by atoms with Gasteiger partial charge in [-0.05, 0) is 17.7 Å². The van der Waals surface area contributed by atoms with Crippen LogP contribution >= 0.6 is 22.6 Å². The Kier molecular flexibility index (Phi) is 3.48. The van der Waals surface area contributed by atoms with Crippen molar-refractivity contribution in [3.63, 3.8) is 0 Å². The van der Waals surface area contributed by atoms with E-state index in [2.05, 4.69) is 27.5 Å². The normalized spacial score (nSPS) is 9.50. The van der Waals surface area contributed by atoms with Gasteiger partial charge in [0.25, 0.3) is 0 Å². The Morgan fingerprint density at radius 3 is 2.92 bits per heavy atom. The molecule has 0 bridgehead atoms. The third-order valence-electron chi connectivity index (χ3n) is 1.40. The number of halogens is 1. The van der Waals surface area contributed by atoms with Gasteiger partial charge in [-0.1, -0.05) is 34.7 Å². The number of benzene rings is 1. The Hall–Kier alpha value is -0.620. The summed E-state index contributed by atoms with van der Waals surface area (Å²) < 4.78 is 0.824. The standard InChI is InChI=1S/C8H7IO3/c9-5-6-2-1-3-7(4-6)8(10)12-11/h1-4,11H,5H2.